The molecule has 114 valence electrons. The normalized spacial score (nSPS) is 13.4. The third-order valence-corrected chi connectivity index (χ3v) is 2.94. The molecule has 0 atom stereocenters. The lowest BCUT2D eigenvalue weighted by Gasteiger charge is -2.10. The van der Waals surface area contributed by atoms with Crippen molar-refractivity contribution in [3.63, 3.8) is 0 Å². The molecule has 3 amide bonds. The Kier molecular flexibility index (Phi) is 5.43. The minimum Gasteiger partial charge on any atom is -0.484 e. The summed E-state index contributed by atoms with van der Waals surface area (Å²) in [4.78, 5) is 23.1. The lowest BCUT2D eigenvalue weighted by Crippen LogP contribution is -2.30. The van der Waals surface area contributed by atoms with Crippen molar-refractivity contribution in [3.8, 4) is 5.75 Å². The molecule has 0 aromatic heterocycles. The SMILES string of the molecule is CCCNC(=O)Nc1cccc(OCC(=O)NC2CC2)c1. The van der Waals surface area contributed by atoms with E-state index in [-0.39, 0.29) is 18.5 Å². The highest BCUT2D eigenvalue weighted by Gasteiger charge is 2.23. The predicted octanol–water partition coefficient (Wildman–Crippen LogP) is 1.88. The maximum atomic E-state index is 11.5. The van der Waals surface area contributed by atoms with E-state index < -0.39 is 0 Å². The largest absolute Gasteiger partial charge is 0.484 e. The monoisotopic (exact) mass is 291 g/mol. The number of amides is 3. The number of hydrogen-bond acceptors (Lipinski definition) is 3. The Balaban J connectivity index is 1.79. The van der Waals surface area contributed by atoms with Gasteiger partial charge in [-0.25, -0.2) is 4.79 Å². The molecule has 1 aromatic carbocycles. The maximum Gasteiger partial charge on any atom is 0.319 e. The van der Waals surface area contributed by atoms with Gasteiger partial charge in [0.1, 0.15) is 5.75 Å². The van der Waals surface area contributed by atoms with Crippen LogP contribution in [0.15, 0.2) is 24.3 Å². The highest BCUT2D eigenvalue weighted by atomic mass is 16.5. The van der Waals surface area contributed by atoms with Crippen LogP contribution in [-0.2, 0) is 4.79 Å². The van der Waals surface area contributed by atoms with Crippen molar-refractivity contribution in [2.45, 2.75) is 32.2 Å². The van der Waals surface area contributed by atoms with Gasteiger partial charge in [-0.2, -0.15) is 0 Å². The van der Waals surface area contributed by atoms with Crippen LogP contribution >= 0.6 is 0 Å². The molecule has 0 radical (unpaired) electrons. The van der Waals surface area contributed by atoms with Gasteiger partial charge in [-0.15, -0.1) is 0 Å². The molecule has 1 aliphatic carbocycles. The Hall–Kier alpha value is -2.24. The summed E-state index contributed by atoms with van der Waals surface area (Å²) in [5.41, 5.74) is 0.628. The third-order valence-electron chi connectivity index (χ3n) is 2.94. The van der Waals surface area contributed by atoms with Gasteiger partial charge in [0.15, 0.2) is 6.61 Å². The number of carbonyl (C=O) groups excluding carboxylic acids is 2. The number of anilines is 1. The molecule has 0 saturated heterocycles. The molecule has 21 heavy (non-hydrogen) atoms. The van der Waals surface area contributed by atoms with Crippen molar-refractivity contribution in [3.05, 3.63) is 24.3 Å². The van der Waals surface area contributed by atoms with Crippen LogP contribution in [0.1, 0.15) is 26.2 Å². The van der Waals surface area contributed by atoms with Gasteiger partial charge in [0.05, 0.1) is 0 Å². The number of ether oxygens (including phenoxy) is 1. The fourth-order valence-corrected chi connectivity index (χ4v) is 1.72. The number of carbonyl (C=O) groups is 2. The molecule has 0 aliphatic heterocycles. The van der Waals surface area contributed by atoms with E-state index in [4.69, 9.17) is 4.74 Å². The van der Waals surface area contributed by atoms with E-state index in [1.54, 1.807) is 24.3 Å². The molecule has 0 unspecified atom stereocenters. The van der Waals surface area contributed by atoms with E-state index in [1.165, 1.54) is 0 Å². The van der Waals surface area contributed by atoms with E-state index in [0.717, 1.165) is 19.3 Å². The van der Waals surface area contributed by atoms with Gasteiger partial charge in [-0.1, -0.05) is 13.0 Å². The number of nitrogens with one attached hydrogen (secondary N) is 3. The van der Waals surface area contributed by atoms with Gasteiger partial charge in [-0.3, -0.25) is 4.79 Å². The molecule has 0 heterocycles. The van der Waals surface area contributed by atoms with E-state index in [2.05, 4.69) is 16.0 Å². The molecular formula is C15H21N3O3. The number of benzene rings is 1. The van der Waals surface area contributed by atoms with Gasteiger partial charge in [0.2, 0.25) is 0 Å². The summed E-state index contributed by atoms with van der Waals surface area (Å²) in [6.45, 7) is 2.60. The Morgan fingerprint density at radius 1 is 1.33 bits per heavy atom. The zero-order valence-electron chi connectivity index (χ0n) is 12.1. The van der Waals surface area contributed by atoms with Gasteiger partial charge in [-0.05, 0) is 31.4 Å². The van der Waals surface area contributed by atoms with Crippen LogP contribution in [0.3, 0.4) is 0 Å². The quantitative estimate of drug-likeness (QED) is 0.717. The molecule has 3 N–H and O–H groups in total. The van der Waals surface area contributed by atoms with Gasteiger partial charge >= 0.3 is 6.03 Å². The molecule has 1 saturated carbocycles. The highest BCUT2D eigenvalue weighted by molar-refractivity contribution is 5.89. The van der Waals surface area contributed by atoms with Crippen molar-refractivity contribution in [2.24, 2.45) is 0 Å². The first-order chi connectivity index (χ1) is 10.2. The first-order valence-electron chi connectivity index (χ1n) is 7.24. The molecule has 0 bridgehead atoms. The fourth-order valence-electron chi connectivity index (χ4n) is 1.72. The van der Waals surface area contributed by atoms with Crippen LogP contribution in [0, 0.1) is 0 Å². The summed E-state index contributed by atoms with van der Waals surface area (Å²) in [7, 11) is 0. The summed E-state index contributed by atoms with van der Waals surface area (Å²) < 4.78 is 5.42. The molecule has 6 heteroatoms. The zero-order valence-corrected chi connectivity index (χ0v) is 12.1. The molecular weight excluding hydrogens is 270 g/mol. The first-order valence-corrected chi connectivity index (χ1v) is 7.24. The smallest absolute Gasteiger partial charge is 0.319 e. The third kappa shape index (κ3) is 5.72. The summed E-state index contributed by atoms with van der Waals surface area (Å²) in [6.07, 6.45) is 2.99. The first kappa shape index (κ1) is 15.2. The number of urea groups is 1. The molecule has 2 rings (SSSR count). The lowest BCUT2D eigenvalue weighted by molar-refractivity contribution is -0.123. The summed E-state index contributed by atoms with van der Waals surface area (Å²) in [5, 5.41) is 8.29. The average molecular weight is 291 g/mol. The van der Waals surface area contributed by atoms with E-state index in [0.29, 0.717) is 24.0 Å². The van der Waals surface area contributed by atoms with Crippen molar-refractivity contribution < 1.29 is 14.3 Å². The predicted molar refractivity (Wildman–Crippen MR) is 80.4 cm³/mol. The second-order valence-corrected chi connectivity index (χ2v) is 5.04. The number of rotatable bonds is 7. The Morgan fingerprint density at radius 3 is 2.86 bits per heavy atom. The van der Waals surface area contributed by atoms with E-state index >= 15 is 0 Å². The van der Waals surface area contributed by atoms with Crippen LogP contribution in [0.5, 0.6) is 5.75 Å². The maximum absolute atomic E-state index is 11.5. The molecule has 1 aliphatic rings. The summed E-state index contributed by atoms with van der Waals surface area (Å²) in [5.74, 6) is 0.436. The van der Waals surface area contributed by atoms with Crippen LogP contribution in [-0.4, -0.2) is 31.1 Å². The van der Waals surface area contributed by atoms with E-state index in [1.807, 2.05) is 6.92 Å². The van der Waals surface area contributed by atoms with Gasteiger partial charge in [0.25, 0.3) is 5.91 Å². The lowest BCUT2D eigenvalue weighted by atomic mass is 10.3. The molecule has 0 spiro atoms. The van der Waals surface area contributed by atoms with Crippen molar-refractivity contribution >= 4 is 17.6 Å². The molecule has 6 nitrogen and oxygen atoms in total. The van der Waals surface area contributed by atoms with Crippen molar-refractivity contribution in [2.75, 3.05) is 18.5 Å². The fraction of sp³-hybridized carbons (Fsp3) is 0.467. The molecule has 1 fully saturated rings. The average Bonchev–Trinajstić information content (AvgIpc) is 3.27. The van der Waals surface area contributed by atoms with Gasteiger partial charge < -0.3 is 20.7 Å². The standard InChI is InChI=1S/C15H21N3O3/c1-2-8-16-15(20)18-12-4-3-5-13(9-12)21-10-14(19)17-11-6-7-11/h3-5,9,11H,2,6-8,10H2,1H3,(H,17,19)(H2,16,18,20). The van der Waals surface area contributed by atoms with Crippen LogP contribution in [0.2, 0.25) is 0 Å². The summed E-state index contributed by atoms with van der Waals surface area (Å²) >= 11 is 0. The highest BCUT2D eigenvalue weighted by Crippen LogP contribution is 2.19. The summed E-state index contributed by atoms with van der Waals surface area (Å²) in [6, 6.07) is 7.05. The van der Waals surface area contributed by atoms with Crippen LogP contribution < -0.4 is 20.7 Å². The number of hydrogen-bond donors (Lipinski definition) is 3. The Bertz CT molecular complexity index is 501. The topological polar surface area (TPSA) is 79.5 Å². The van der Waals surface area contributed by atoms with E-state index in [9.17, 15) is 9.59 Å². The van der Waals surface area contributed by atoms with Crippen LogP contribution in [0.25, 0.3) is 0 Å². The Labute approximate surface area is 124 Å². The second kappa shape index (κ2) is 7.52. The van der Waals surface area contributed by atoms with Crippen molar-refractivity contribution in [1.82, 2.24) is 10.6 Å². The van der Waals surface area contributed by atoms with Crippen LogP contribution in [0.4, 0.5) is 10.5 Å². The minimum atomic E-state index is -0.250. The zero-order chi connectivity index (χ0) is 15.1. The van der Waals surface area contributed by atoms with Gasteiger partial charge in [0, 0.05) is 24.3 Å². The minimum absolute atomic E-state index is 0.0119. The second-order valence-electron chi connectivity index (χ2n) is 5.04. The van der Waals surface area contributed by atoms with Crippen molar-refractivity contribution in [1.29, 1.82) is 0 Å². The Morgan fingerprint density at radius 2 is 2.14 bits per heavy atom. The molecule has 1 aromatic rings.